The summed E-state index contributed by atoms with van der Waals surface area (Å²) in [6.45, 7) is 2.73. The molecule has 19 heavy (non-hydrogen) atoms. The number of rotatable bonds is 4. The van der Waals surface area contributed by atoms with E-state index in [9.17, 15) is 0 Å². The van der Waals surface area contributed by atoms with Gasteiger partial charge in [-0.2, -0.15) is 0 Å². The number of benzene rings is 1. The van der Waals surface area contributed by atoms with Crippen LogP contribution >= 0.6 is 11.6 Å². The van der Waals surface area contributed by atoms with Crippen LogP contribution in [0.3, 0.4) is 0 Å². The highest BCUT2D eigenvalue weighted by Crippen LogP contribution is 2.17. The van der Waals surface area contributed by atoms with Crippen molar-refractivity contribution in [3.8, 4) is 0 Å². The third kappa shape index (κ3) is 3.61. The lowest BCUT2D eigenvalue weighted by Gasteiger charge is -2.13. The molecule has 1 N–H and O–H groups in total. The molecule has 0 aliphatic heterocycles. The Morgan fingerprint density at radius 1 is 1.21 bits per heavy atom. The zero-order valence-electron chi connectivity index (χ0n) is 11.4. The Bertz CT molecular complexity index is 550. The number of aryl methyl sites for hydroxylation is 1. The van der Waals surface area contributed by atoms with Crippen LogP contribution in [-0.2, 0) is 6.54 Å². The summed E-state index contributed by atoms with van der Waals surface area (Å²) in [6, 6.07) is 10.5. The molecule has 0 saturated heterocycles. The maximum absolute atomic E-state index is 5.90. The Morgan fingerprint density at radius 2 is 1.89 bits per heavy atom. The molecule has 0 spiro atoms. The molecule has 4 heteroatoms. The standard InChI is InChI=1S/C15H18ClN3/c1-11-8-13(10-18-15(11)16)17-9-12-4-6-14(7-5-12)19(2)3/h4-8,10,17H,9H2,1-3H3. The van der Waals surface area contributed by atoms with Crippen LogP contribution in [0.5, 0.6) is 0 Å². The van der Waals surface area contributed by atoms with Crippen LogP contribution in [0.2, 0.25) is 5.15 Å². The molecule has 1 heterocycles. The lowest BCUT2D eigenvalue weighted by Crippen LogP contribution is -2.08. The quantitative estimate of drug-likeness (QED) is 0.862. The Balaban J connectivity index is 2.00. The van der Waals surface area contributed by atoms with E-state index in [1.54, 1.807) is 6.20 Å². The van der Waals surface area contributed by atoms with Gasteiger partial charge >= 0.3 is 0 Å². The summed E-state index contributed by atoms with van der Waals surface area (Å²) in [4.78, 5) is 6.21. The van der Waals surface area contributed by atoms with Crippen molar-refractivity contribution in [3.63, 3.8) is 0 Å². The zero-order chi connectivity index (χ0) is 13.8. The summed E-state index contributed by atoms with van der Waals surface area (Å²) in [5, 5.41) is 3.90. The van der Waals surface area contributed by atoms with Crippen molar-refractivity contribution < 1.29 is 0 Å². The number of pyridine rings is 1. The largest absolute Gasteiger partial charge is 0.380 e. The van der Waals surface area contributed by atoms with Gasteiger partial charge in [-0.05, 0) is 36.2 Å². The summed E-state index contributed by atoms with van der Waals surface area (Å²) in [7, 11) is 4.07. The predicted octanol–water partition coefficient (Wildman–Crippen LogP) is 3.72. The minimum atomic E-state index is 0.556. The van der Waals surface area contributed by atoms with Crippen LogP contribution in [0.25, 0.3) is 0 Å². The molecule has 3 nitrogen and oxygen atoms in total. The van der Waals surface area contributed by atoms with E-state index >= 15 is 0 Å². The molecule has 0 unspecified atom stereocenters. The molecule has 0 radical (unpaired) electrons. The molecule has 0 amide bonds. The average Bonchev–Trinajstić information content (AvgIpc) is 2.40. The lowest BCUT2D eigenvalue weighted by molar-refractivity contribution is 1.10. The molecule has 0 saturated carbocycles. The normalized spacial score (nSPS) is 10.3. The highest BCUT2D eigenvalue weighted by Gasteiger charge is 2.00. The van der Waals surface area contributed by atoms with Gasteiger partial charge in [-0.15, -0.1) is 0 Å². The molecular formula is C15H18ClN3. The summed E-state index contributed by atoms with van der Waals surface area (Å²) in [5.74, 6) is 0. The number of anilines is 2. The maximum atomic E-state index is 5.90. The van der Waals surface area contributed by atoms with E-state index < -0.39 is 0 Å². The number of nitrogens with one attached hydrogen (secondary N) is 1. The van der Waals surface area contributed by atoms with Crippen molar-refractivity contribution in [2.75, 3.05) is 24.3 Å². The van der Waals surface area contributed by atoms with Gasteiger partial charge in [-0.1, -0.05) is 23.7 Å². The summed E-state index contributed by atoms with van der Waals surface area (Å²) >= 11 is 5.90. The maximum Gasteiger partial charge on any atom is 0.132 e. The average molecular weight is 276 g/mol. The van der Waals surface area contributed by atoms with Crippen molar-refractivity contribution in [1.82, 2.24) is 4.98 Å². The SMILES string of the molecule is Cc1cc(NCc2ccc(N(C)C)cc2)cnc1Cl. The van der Waals surface area contributed by atoms with Crippen LogP contribution in [0.15, 0.2) is 36.5 Å². The van der Waals surface area contributed by atoms with Gasteiger partial charge in [-0.25, -0.2) is 4.98 Å². The third-order valence-electron chi connectivity index (χ3n) is 2.96. The number of halogens is 1. The van der Waals surface area contributed by atoms with Gasteiger partial charge < -0.3 is 10.2 Å². The Hall–Kier alpha value is -1.74. The molecule has 2 aromatic rings. The van der Waals surface area contributed by atoms with E-state index in [2.05, 4.69) is 39.5 Å². The van der Waals surface area contributed by atoms with Crippen molar-refractivity contribution in [1.29, 1.82) is 0 Å². The van der Waals surface area contributed by atoms with Crippen molar-refractivity contribution in [3.05, 3.63) is 52.8 Å². The molecule has 2 rings (SSSR count). The summed E-state index contributed by atoms with van der Waals surface area (Å²) < 4.78 is 0. The second-order valence-corrected chi connectivity index (χ2v) is 5.10. The fourth-order valence-corrected chi connectivity index (χ4v) is 1.87. The highest BCUT2D eigenvalue weighted by molar-refractivity contribution is 6.30. The molecule has 0 bridgehead atoms. The van der Waals surface area contributed by atoms with Gasteiger partial charge in [0.2, 0.25) is 0 Å². The fraction of sp³-hybridized carbons (Fsp3) is 0.267. The molecule has 100 valence electrons. The van der Waals surface area contributed by atoms with E-state index in [0.717, 1.165) is 17.8 Å². The van der Waals surface area contributed by atoms with Crippen molar-refractivity contribution in [2.45, 2.75) is 13.5 Å². The smallest absolute Gasteiger partial charge is 0.132 e. The van der Waals surface area contributed by atoms with Crippen LogP contribution in [-0.4, -0.2) is 19.1 Å². The van der Waals surface area contributed by atoms with Crippen molar-refractivity contribution >= 4 is 23.0 Å². The van der Waals surface area contributed by atoms with Gasteiger partial charge in [0.05, 0.1) is 11.9 Å². The fourth-order valence-electron chi connectivity index (χ4n) is 1.77. The first-order valence-corrected chi connectivity index (χ1v) is 6.56. The first-order valence-electron chi connectivity index (χ1n) is 6.18. The number of nitrogens with zero attached hydrogens (tertiary/aromatic N) is 2. The minimum absolute atomic E-state index is 0.556. The highest BCUT2D eigenvalue weighted by atomic mass is 35.5. The van der Waals surface area contributed by atoms with E-state index in [1.165, 1.54) is 11.3 Å². The van der Waals surface area contributed by atoms with Crippen molar-refractivity contribution in [2.24, 2.45) is 0 Å². The molecule has 1 aromatic carbocycles. The Morgan fingerprint density at radius 3 is 2.47 bits per heavy atom. The molecule has 1 aromatic heterocycles. The summed E-state index contributed by atoms with van der Waals surface area (Å²) in [5.41, 5.74) is 4.40. The second kappa shape index (κ2) is 5.93. The first kappa shape index (κ1) is 13.7. The zero-order valence-corrected chi connectivity index (χ0v) is 12.2. The van der Waals surface area contributed by atoms with Gasteiger partial charge in [0.25, 0.3) is 0 Å². The summed E-state index contributed by atoms with van der Waals surface area (Å²) in [6.07, 6.45) is 1.75. The second-order valence-electron chi connectivity index (χ2n) is 4.75. The number of hydrogen-bond acceptors (Lipinski definition) is 3. The lowest BCUT2D eigenvalue weighted by atomic mass is 10.2. The van der Waals surface area contributed by atoms with Gasteiger partial charge in [0.15, 0.2) is 0 Å². The molecule has 0 aliphatic carbocycles. The Kier molecular flexibility index (Phi) is 4.27. The number of hydrogen-bond donors (Lipinski definition) is 1. The van der Waals surface area contributed by atoms with Crippen LogP contribution in [0.4, 0.5) is 11.4 Å². The van der Waals surface area contributed by atoms with Gasteiger partial charge in [0.1, 0.15) is 5.15 Å². The predicted molar refractivity (Wildman–Crippen MR) is 82.1 cm³/mol. The van der Waals surface area contributed by atoms with E-state index in [0.29, 0.717) is 5.15 Å². The Labute approximate surface area is 119 Å². The van der Waals surface area contributed by atoms with E-state index in [1.807, 2.05) is 27.1 Å². The molecule has 0 fully saturated rings. The minimum Gasteiger partial charge on any atom is -0.380 e. The van der Waals surface area contributed by atoms with Crippen LogP contribution in [0, 0.1) is 6.92 Å². The first-order chi connectivity index (χ1) is 9.06. The van der Waals surface area contributed by atoms with E-state index in [4.69, 9.17) is 11.6 Å². The number of aromatic nitrogens is 1. The van der Waals surface area contributed by atoms with Crippen LogP contribution < -0.4 is 10.2 Å². The molecule has 0 atom stereocenters. The third-order valence-corrected chi connectivity index (χ3v) is 3.36. The van der Waals surface area contributed by atoms with Crippen LogP contribution in [0.1, 0.15) is 11.1 Å². The van der Waals surface area contributed by atoms with Gasteiger partial charge in [-0.3, -0.25) is 0 Å². The topological polar surface area (TPSA) is 28.2 Å². The molecule has 0 aliphatic rings. The van der Waals surface area contributed by atoms with Gasteiger partial charge in [0, 0.05) is 26.3 Å². The monoisotopic (exact) mass is 275 g/mol. The van der Waals surface area contributed by atoms with E-state index in [-0.39, 0.29) is 0 Å². The molecular weight excluding hydrogens is 258 g/mol.